The summed E-state index contributed by atoms with van der Waals surface area (Å²) in [7, 11) is 0. The van der Waals surface area contributed by atoms with Crippen molar-refractivity contribution in [1.82, 2.24) is 4.90 Å². The molecule has 1 aromatic heterocycles. The monoisotopic (exact) mass is 438 g/mol. The Labute approximate surface area is 187 Å². The maximum atomic E-state index is 12.9. The third-order valence-electron chi connectivity index (χ3n) is 5.92. The van der Waals surface area contributed by atoms with Gasteiger partial charge in [-0.2, -0.15) is 0 Å². The van der Waals surface area contributed by atoms with E-state index in [9.17, 15) is 4.79 Å². The Morgan fingerprint density at radius 2 is 1.67 bits per heavy atom. The lowest BCUT2D eigenvalue weighted by atomic mass is 9.93. The number of carbonyl (C=O) groups is 1. The van der Waals surface area contributed by atoms with Crippen LogP contribution in [0.15, 0.2) is 54.6 Å². The topological polar surface area (TPSA) is 32.3 Å². The van der Waals surface area contributed by atoms with Gasteiger partial charge < -0.3 is 5.32 Å². The van der Waals surface area contributed by atoms with Gasteiger partial charge in [-0.25, -0.2) is 0 Å². The first-order valence-corrected chi connectivity index (χ1v) is 11.7. The fourth-order valence-corrected chi connectivity index (χ4v) is 5.57. The lowest BCUT2D eigenvalue weighted by molar-refractivity contribution is 0.102. The zero-order valence-electron chi connectivity index (χ0n) is 17.5. The van der Waals surface area contributed by atoms with E-state index in [-0.39, 0.29) is 11.9 Å². The zero-order valence-corrected chi connectivity index (χ0v) is 19.0. The molecule has 1 fully saturated rings. The number of carbonyl (C=O) groups excluding carboxylic acids is 1. The molecular weight excluding hydrogens is 412 g/mol. The number of aryl methyl sites for hydroxylation is 1. The highest BCUT2D eigenvalue weighted by Crippen LogP contribution is 2.44. The van der Waals surface area contributed by atoms with Crippen molar-refractivity contribution in [3.8, 4) is 0 Å². The van der Waals surface area contributed by atoms with Gasteiger partial charge in [-0.15, -0.1) is 11.3 Å². The van der Waals surface area contributed by atoms with Gasteiger partial charge >= 0.3 is 0 Å². The van der Waals surface area contributed by atoms with E-state index in [4.69, 9.17) is 11.6 Å². The van der Waals surface area contributed by atoms with Gasteiger partial charge in [-0.05, 0) is 69.1 Å². The van der Waals surface area contributed by atoms with Crippen LogP contribution in [0, 0.1) is 13.8 Å². The van der Waals surface area contributed by atoms with Gasteiger partial charge in [0.15, 0.2) is 0 Å². The maximum Gasteiger partial charge on any atom is 0.256 e. The van der Waals surface area contributed by atoms with Crippen LogP contribution in [0.4, 0.5) is 5.00 Å². The number of amides is 1. The number of rotatable bonds is 5. The molecule has 1 aliphatic heterocycles. The molecule has 2 heterocycles. The van der Waals surface area contributed by atoms with Crippen LogP contribution in [0.2, 0.25) is 5.02 Å². The summed E-state index contributed by atoms with van der Waals surface area (Å²) in [6.07, 6.45) is 3.65. The number of anilines is 1. The van der Waals surface area contributed by atoms with E-state index >= 15 is 0 Å². The molecule has 156 valence electrons. The molecule has 0 saturated carbocycles. The molecule has 0 aliphatic carbocycles. The average molecular weight is 439 g/mol. The molecule has 0 unspecified atom stereocenters. The number of hydrogen-bond donors (Lipinski definition) is 1. The van der Waals surface area contributed by atoms with E-state index in [0.717, 1.165) is 28.7 Å². The van der Waals surface area contributed by atoms with Gasteiger partial charge in [-0.3, -0.25) is 9.69 Å². The van der Waals surface area contributed by atoms with Gasteiger partial charge in [0.05, 0.1) is 6.04 Å². The first-order chi connectivity index (χ1) is 14.6. The molecule has 0 bridgehead atoms. The fraction of sp³-hybridized carbons (Fsp3) is 0.320. The highest BCUT2D eigenvalue weighted by atomic mass is 35.5. The fourth-order valence-electron chi connectivity index (χ4n) is 4.24. The molecule has 1 saturated heterocycles. The lowest BCUT2D eigenvalue weighted by Gasteiger charge is -2.36. The molecule has 30 heavy (non-hydrogen) atoms. The van der Waals surface area contributed by atoms with Crippen LogP contribution in [0.3, 0.4) is 0 Å². The van der Waals surface area contributed by atoms with Crippen molar-refractivity contribution in [2.24, 2.45) is 0 Å². The molecule has 5 heteroatoms. The molecule has 0 radical (unpaired) electrons. The Morgan fingerprint density at radius 1 is 1.00 bits per heavy atom. The normalized spacial score (nSPS) is 15.7. The van der Waals surface area contributed by atoms with Crippen LogP contribution in [0.25, 0.3) is 0 Å². The van der Waals surface area contributed by atoms with Crippen molar-refractivity contribution < 1.29 is 4.79 Å². The van der Waals surface area contributed by atoms with Crippen LogP contribution in [0.1, 0.15) is 57.2 Å². The Morgan fingerprint density at radius 3 is 2.37 bits per heavy atom. The Bertz CT molecular complexity index is 1020. The third kappa shape index (κ3) is 4.31. The van der Waals surface area contributed by atoms with Crippen molar-refractivity contribution in [3.05, 3.63) is 86.8 Å². The molecular formula is C25H27ClN2OS. The van der Waals surface area contributed by atoms with Gasteiger partial charge in [0.2, 0.25) is 0 Å². The number of piperidine rings is 1. The number of nitrogens with zero attached hydrogens (tertiary/aromatic N) is 1. The van der Waals surface area contributed by atoms with Crippen LogP contribution >= 0.6 is 22.9 Å². The smallest absolute Gasteiger partial charge is 0.256 e. The lowest BCUT2D eigenvalue weighted by Crippen LogP contribution is -2.35. The van der Waals surface area contributed by atoms with E-state index in [0.29, 0.717) is 5.56 Å². The summed E-state index contributed by atoms with van der Waals surface area (Å²) in [5.74, 6) is -0.0744. The molecule has 3 aromatic rings. The minimum Gasteiger partial charge on any atom is -0.313 e. The van der Waals surface area contributed by atoms with Gasteiger partial charge in [0.1, 0.15) is 5.00 Å². The SMILES string of the molecule is Cc1sc(NC(=O)c2ccccc2)c([C@@H](c2ccccc2Cl)N2CCCCC2)c1C. The van der Waals surface area contributed by atoms with E-state index in [1.165, 1.54) is 35.3 Å². The Kier molecular flexibility index (Phi) is 6.57. The number of halogens is 1. The second-order valence-corrected chi connectivity index (χ2v) is 9.50. The number of thiophene rings is 1. The summed E-state index contributed by atoms with van der Waals surface area (Å²) in [4.78, 5) is 16.7. The first kappa shape index (κ1) is 21.1. The summed E-state index contributed by atoms with van der Waals surface area (Å²) in [6.45, 7) is 6.36. The molecule has 1 N–H and O–H groups in total. The van der Waals surface area contributed by atoms with E-state index in [2.05, 4.69) is 36.2 Å². The molecule has 3 nitrogen and oxygen atoms in total. The zero-order chi connectivity index (χ0) is 21.1. The predicted molar refractivity (Wildman–Crippen MR) is 127 cm³/mol. The Balaban J connectivity index is 1.79. The Hall–Kier alpha value is -2.14. The molecule has 1 atom stereocenters. The quantitative estimate of drug-likeness (QED) is 0.472. The largest absolute Gasteiger partial charge is 0.313 e. The van der Waals surface area contributed by atoms with Crippen LogP contribution in [0.5, 0.6) is 0 Å². The van der Waals surface area contributed by atoms with Crippen LogP contribution in [-0.4, -0.2) is 23.9 Å². The third-order valence-corrected chi connectivity index (χ3v) is 7.41. The summed E-state index contributed by atoms with van der Waals surface area (Å²) in [5, 5.41) is 4.91. The van der Waals surface area contributed by atoms with Crippen molar-refractivity contribution >= 4 is 33.8 Å². The van der Waals surface area contributed by atoms with E-state index in [1.54, 1.807) is 11.3 Å². The van der Waals surface area contributed by atoms with Gasteiger partial charge in [0, 0.05) is 21.0 Å². The van der Waals surface area contributed by atoms with Crippen molar-refractivity contribution in [2.45, 2.75) is 39.2 Å². The summed E-state index contributed by atoms with van der Waals surface area (Å²) in [5.41, 5.74) is 4.19. The van der Waals surface area contributed by atoms with Crippen LogP contribution < -0.4 is 5.32 Å². The number of likely N-dealkylation sites (tertiary alicyclic amines) is 1. The molecule has 0 spiro atoms. The maximum absolute atomic E-state index is 12.9. The van der Waals surface area contributed by atoms with Crippen molar-refractivity contribution in [3.63, 3.8) is 0 Å². The minimum atomic E-state index is -0.0744. The predicted octanol–water partition coefficient (Wildman–Crippen LogP) is 6.85. The van der Waals surface area contributed by atoms with E-state index in [1.807, 2.05) is 42.5 Å². The number of benzene rings is 2. The standard InChI is InChI=1S/C25H27ClN2OS/c1-17-18(2)30-25(27-24(29)19-11-5-3-6-12-19)22(17)23(28-15-9-4-10-16-28)20-13-7-8-14-21(20)26/h3,5-8,11-14,23H,4,9-10,15-16H2,1-2H3,(H,27,29)/t23-/m1/s1. The molecule has 1 aliphatic rings. The van der Waals surface area contributed by atoms with Gasteiger partial charge in [-0.1, -0.05) is 54.4 Å². The second kappa shape index (κ2) is 9.34. The second-order valence-electron chi connectivity index (χ2n) is 7.87. The van der Waals surface area contributed by atoms with Crippen LogP contribution in [-0.2, 0) is 0 Å². The molecule has 2 aromatic carbocycles. The van der Waals surface area contributed by atoms with Crippen molar-refractivity contribution in [1.29, 1.82) is 0 Å². The highest BCUT2D eigenvalue weighted by Gasteiger charge is 2.31. The molecule has 1 amide bonds. The average Bonchev–Trinajstić information content (AvgIpc) is 3.04. The number of hydrogen-bond acceptors (Lipinski definition) is 3. The summed E-state index contributed by atoms with van der Waals surface area (Å²) < 4.78 is 0. The summed E-state index contributed by atoms with van der Waals surface area (Å²) >= 11 is 8.35. The first-order valence-electron chi connectivity index (χ1n) is 10.5. The van der Waals surface area contributed by atoms with Gasteiger partial charge in [0.25, 0.3) is 5.91 Å². The molecule has 4 rings (SSSR count). The minimum absolute atomic E-state index is 0.0371. The summed E-state index contributed by atoms with van der Waals surface area (Å²) in [6, 6.07) is 17.5. The highest BCUT2D eigenvalue weighted by molar-refractivity contribution is 7.16. The van der Waals surface area contributed by atoms with Crippen molar-refractivity contribution in [2.75, 3.05) is 18.4 Å². The number of nitrogens with one attached hydrogen (secondary N) is 1. The van der Waals surface area contributed by atoms with E-state index < -0.39 is 0 Å².